The monoisotopic (exact) mass is 472 g/mol. The molecular weight excluding hydrogens is 445 g/mol. The summed E-state index contributed by atoms with van der Waals surface area (Å²) < 4.78 is 63.5. The maximum Gasteiger partial charge on any atom is 0.490 e. The first-order valence-electron chi connectivity index (χ1n) is 9.52. The van der Waals surface area contributed by atoms with Gasteiger partial charge in [-0.25, -0.2) is 17.9 Å². The van der Waals surface area contributed by atoms with Crippen LogP contribution in [0.5, 0.6) is 0 Å². The van der Waals surface area contributed by atoms with Gasteiger partial charge in [-0.05, 0) is 49.6 Å². The fourth-order valence-corrected chi connectivity index (χ4v) is 4.97. The summed E-state index contributed by atoms with van der Waals surface area (Å²) in [6, 6.07) is 2.18. The highest BCUT2D eigenvalue weighted by atomic mass is 32.2. The molecule has 1 spiro atoms. The Morgan fingerprint density at radius 2 is 2.07 bits per heavy atom. The third kappa shape index (κ3) is 7.19. The van der Waals surface area contributed by atoms with Gasteiger partial charge in [-0.2, -0.15) is 13.2 Å². The number of likely N-dealkylation sites (tertiary alicyclic amines) is 1. The number of carboxylic acid groups (broad SMARTS) is 1. The van der Waals surface area contributed by atoms with Gasteiger partial charge in [0.05, 0.1) is 18.0 Å². The van der Waals surface area contributed by atoms with Crippen molar-refractivity contribution in [1.82, 2.24) is 9.62 Å². The van der Waals surface area contributed by atoms with Gasteiger partial charge >= 0.3 is 12.1 Å². The van der Waals surface area contributed by atoms with E-state index in [4.69, 9.17) is 14.6 Å². The highest BCUT2D eigenvalue weighted by Gasteiger charge is 2.46. The van der Waals surface area contributed by atoms with Crippen LogP contribution in [0.1, 0.15) is 30.2 Å². The molecule has 172 valence electrons. The zero-order valence-corrected chi connectivity index (χ0v) is 18.5. The largest absolute Gasteiger partial charge is 0.490 e. The van der Waals surface area contributed by atoms with Crippen molar-refractivity contribution in [2.75, 3.05) is 32.0 Å². The number of carbonyl (C=O) groups is 1. The molecule has 0 aliphatic carbocycles. The van der Waals surface area contributed by atoms with Gasteiger partial charge in [-0.1, -0.05) is 0 Å². The second kappa shape index (κ2) is 9.94. The fraction of sp³-hybridized carbons (Fsp3) is 0.722. The zero-order valence-electron chi connectivity index (χ0n) is 16.9. The van der Waals surface area contributed by atoms with Crippen LogP contribution in [0.3, 0.4) is 0 Å². The number of halogens is 3. The van der Waals surface area contributed by atoms with Crippen LogP contribution in [0.25, 0.3) is 0 Å². The second-order valence-corrected chi connectivity index (χ2v) is 10.7. The molecule has 2 saturated heterocycles. The third-order valence-corrected chi connectivity index (χ3v) is 7.58. The highest BCUT2D eigenvalue weighted by Crippen LogP contribution is 2.37. The molecule has 0 aromatic carbocycles. The van der Waals surface area contributed by atoms with Crippen LogP contribution >= 0.6 is 11.3 Å². The lowest BCUT2D eigenvalue weighted by Gasteiger charge is -2.53. The zero-order chi connectivity index (χ0) is 22.6. The van der Waals surface area contributed by atoms with Crippen molar-refractivity contribution in [2.24, 2.45) is 5.92 Å². The molecule has 3 heterocycles. The molecule has 3 rings (SSSR count). The van der Waals surface area contributed by atoms with Crippen molar-refractivity contribution >= 4 is 27.3 Å². The Kier molecular flexibility index (Phi) is 8.30. The van der Waals surface area contributed by atoms with Crippen LogP contribution in [0.2, 0.25) is 0 Å². The van der Waals surface area contributed by atoms with E-state index in [1.807, 2.05) is 11.3 Å². The Bertz CT molecular complexity index is 810. The summed E-state index contributed by atoms with van der Waals surface area (Å²) in [4.78, 5) is 12.8. The smallest absolute Gasteiger partial charge is 0.475 e. The highest BCUT2D eigenvalue weighted by molar-refractivity contribution is 7.89. The predicted octanol–water partition coefficient (Wildman–Crippen LogP) is 2.61. The summed E-state index contributed by atoms with van der Waals surface area (Å²) in [5.74, 6) is -2.32. The molecule has 1 unspecified atom stereocenters. The number of sulfonamides is 1. The number of alkyl halides is 3. The van der Waals surface area contributed by atoms with E-state index in [9.17, 15) is 21.6 Å². The summed E-state index contributed by atoms with van der Waals surface area (Å²) in [5, 5.41) is 9.28. The number of aliphatic carboxylic acids is 1. The van der Waals surface area contributed by atoms with Crippen LogP contribution in [-0.2, 0) is 26.1 Å². The Hall–Kier alpha value is -1.21. The average Bonchev–Trinajstić information content (AvgIpc) is 3.04. The van der Waals surface area contributed by atoms with Crippen molar-refractivity contribution < 1.29 is 36.2 Å². The summed E-state index contributed by atoms with van der Waals surface area (Å²) in [6.45, 7) is 8.01. The molecule has 0 amide bonds. The first-order valence-corrected chi connectivity index (χ1v) is 12.1. The van der Waals surface area contributed by atoms with Crippen molar-refractivity contribution in [3.8, 4) is 0 Å². The summed E-state index contributed by atoms with van der Waals surface area (Å²) in [6.07, 6.45) is -3.01. The van der Waals surface area contributed by atoms with Gasteiger partial charge < -0.3 is 9.84 Å². The number of ether oxygens (including phenoxy) is 1. The van der Waals surface area contributed by atoms with Gasteiger partial charge in [0.2, 0.25) is 10.0 Å². The van der Waals surface area contributed by atoms with Crippen LogP contribution in [0, 0.1) is 12.8 Å². The molecular formula is C18H27F3N2O5S2. The summed E-state index contributed by atoms with van der Waals surface area (Å²) >= 11 is 1.83. The molecule has 1 aromatic heterocycles. The minimum Gasteiger partial charge on any atom is -0.475 e. The predicted molar refractivity (Wildman–Crippen MR) is 107 cm³/mol. The molecule has 12 heteroatoms. The number of rotatable bonds is 6. The normalized spacial score (nSPS) is 21.6. The minimum absolute atomic E-state index is 0.0191. The molecule has 1 atom stereocenters. The Labute approximate surface area is 178 Å². The number of nitrogens with zero attached hydrogens (tertiary/aromatic N) is 1. The third-order valence-electron chi connectivity index (χ3n) is 5.21. The molecule has 2 N–H and O–H groups in total. The van der Waals surface area contributed by atoms with Crippen molar-refractivity contribution in [3.63, 3.8) is 0 Å². The lowest BCUT2D eigenvalue weighted by Crippen LogP contribution is -2.64. The molecule has 1 aromatic rings. The van der Waals surface area contributed by atoms with Gasteiger partial charge in [-0.3, -0.25) is 4.90 Å². The molecule has 2 aliphatic heterocycles. The van der Waals surface area contributed by atoms with Crippen molar-refractivity contribution in [2.45, 2.75) is 45.0 Å². The Morgan fingerprint density at radius 1 is 1.43 bits per heavy atom. The number of aryl methyl sites for hydroxylation is 1. The number of hydrogen-bond donors (Lipinski definition) is 2. The van der Waals surface area contributed by atoms with Crippen LogP contribution < -0.4 is 4.72 Å². The van der Waals surface area contributed by atoms with E-state index in [1.54, 1.807) is 6.92 Å². The lowest BCUT2D eigenvalue weighted by atomic mass is 9.83. The van der Waals surface area contributed by atoms with Crippen molar-refractivity contribution in [1.29, 1.82) is 0 Å². The number of carboxylic acids is 1. The van der Waals surface area contributed by atoms with Crippen LogP contribution in [0.15, 0.2) is 11.4 Å². The molecule has 30 heavy (non-hydrogen) atoms. The van der Waals surface area contributed by atoms with Crippen molar-refractivity contribution in [3.05, 3.63) is 21.9 Å². The first kappa shape index (κ1) is 25.1. The fourth-order valence-electron chi connectivity index (χ4n) is 3.32. The molecule has 2 aliphatic rings. The first-order chi connectivity index (χ1) is 13.9. The van der Waals surface area contributed by atoms with Crippen LogP contribution in [-0.4, -0.2) is 68.2 Å². The molecule has 2 fully saturated rings. The maximum absolute atomic E-state index is 11.5. The summed E-state index contributed by atoms with van der Waals surface area (Å²) in [5.41, 5.74) is 1.40. The lowest BCUT2D eigenvalue weighted by molar-refractivity contribution is -0.192. The standard InChI is InChI=1S/C16H26N2O3S2.C2HF3O2/c1-3-23(19,20)17-8-14-4-6-16(21-10-14)11-18(12-16)9-15-13(2)5-7-22-15;3-2(4,5)1(6)7/h5,7,14,17H,3-4,6,8-12H2,1-2H3;(H,6,7). The van der Waals surface area contributed by atoms with Gasteiger partial charge in [-0.15, -0.1) is 11.3 Å². The topological polar surface area (TPSA) is 95.9 Å². The van der Waals surface area contributed by atoms with E-state index in [-0.39, 0.29) is 11.4 Å². The molecule has 0 saturated carbocycles. The Balaban J connectivity index is 0.000000396. The van der Waals surface area contributed by atoms with E-state index in [2.05, 4.69) is 28.0 Å². The molecule has 0 bridgehead atoms. The second-order valence-electron chi connectivity index (χ2n) is 7.63. The van der Waals surface area contributed by atoms with E-state index in [0.717, 1.165) is 32.5 Å². The maximum atomic E-state index is 11.5. The van der Waals surface area contributed by atoms with Gasteiger partial charge in [0, 0.05) is 31.1 Å². The van der Waals surface area contributed by atoms with Gasteiger partial charge in [0.1, 0.15) is 0 Å². The van der Waals surface area contributed by atoms with E-state index < -0.39 is 22.2 Å². The number of hydrogen-bond acceptors (Lipinski definition) is 6. The Morgan fingerprint density at radius 3 is 2.50 bits per heavy atom. The van der Waals surface area contributed by atoms with Gasteiger partial charge in [0.15, 0.2) is 0 Å². The van der Waals surface area contributed by atoms with E-state index >= 15 is 0 Å². The quantitative estimate of drug-likeness (QED) is 0.661. The number of thiophene rings is 1. The molecule has 0 radical (unpaired) electrons. The van der Waals surface area contributed by atoms with Crippen LogP contribution in [0.4, 0.5) is 13.2 Å². The number of nitrogens with one attached hydrogen (secondary N) is 1. The van der Waals surface area contributed by atoms with E-state index in [1.165, 1.54) is 10.4 Å². The minimum atomic E-state index is -5.08. The molecule has 7 nitrogen and oxygen atoms in total. The van der Waals surface area contributed by atoms with E-state index in [0.29, 0.717) is 19.1 Å². The average molecular weight is 473 g/mol. The van der Waals surface area contributed by atoms with Gasteiger partial charge in [0.25, 0.3) is 0 Å². The SMILES string of the molecule is CCS(=O)(=O)NCC1CCC2(CN(Cc3sccc3C)C2)OC1.O=C(O)C(F)(F)F. The summed E-state index contributed by atoms with van der Waals surface area (Å²) in [7, 11) is -3.09.